The fraction of sp³-hybridized carbons (Fsp3) is 0.409. The number of nitrogens with zero attached hydrogens (tertiary/aromatic N) is 1. The summed E-state index contributed by atoms with van der Waals surface area (Å²) in [6.45, 7) is 1.78. The molecule has 25 heavy (non-hydrogen) atoms. The van der Waals surface area contributed by atoms with Gasteiger partial charge in [-0.3, -0.25) is 0 Å². The van der Waals surface area contributed by atoms with Gasteiger partial charge in [0, 0.05) is 0 Å². The topological polar surface area (TPSA) is 35.8 Å². The minimum Gasteiger partial charge on any atom is -0.316 e. The summed E-state index contributed by atoms with van der Waals surface area (Å²) in [4.78, 5) is 0. The lowest BCUT2D eigenvalue weighted by atomic mass is 9.74. The van der Waals surface area contributed by atoms with Crippen LogP contribution in [0.3, 0.4) is 0 Å². The molecule has 1 unspecified atom stereocenters. The van der Waals surface area contributed by atoms with E-state index < -0.39 is 0 Å². The van der Waals surface area contributed by atoms with Crippen LogP contribution < -0.4 is 5.32 Å². The van der Waals surface area contributed by atoms with Gasteiger partial charge in [-0.2, -0.15) is 5.26 Å². The largest absolute Gasteiger partial charge is 0.316 e. The number of hydrogen-bond donors (Lipinski definition) is 1. The molecule has 1 atom stereocenters. The number of nitrogens with one attached hydrogen (secondary N) is 1. The van der Waals surface area contributed by atoms with Crippen molar-refractivity contribution < 1.29 is 4.39 Å². The van der Waals surface area contributed by atoms with E-state index in [1.807, 2.05) is 30.3 Å². The quantitative estimate of drug-likeness (QED) is 0.679. The summed E-state index contributed by atoms with van der Waals surface area (Å²) in [5.41, 5.74) is 1.99. The molecule has 3 rings (SSSR count). The molecule has 1 fully saturated rings. The van der Waals surface area contributed by atoms with Crippen LogP contribution in [-0.4, -0.2) is 13.1 Å². The number of halogens is 1. The molecule has 0 saturated heterocycles. The Morgan fingerprint density at radius 1 is 1.04 bits per heavy atom. The lowest BCUT2D eigenvalue weighted by Gasteiger charge is -2.27. The maximum absolute atomic E-state index is 12.9. The molecule has 2 nitrogen and oxygen atoms in total. The molecule has 1 aliphatic rings. The Hall–Kier alpha value is -2.18. The van der Waals surface area contributed by atoms with Gasteiger partial charge in [-0.05, 0) is 74.4 Å². The van der Waals surface area contributed by atoms with Crippen molar-refractivity contribution in [2.24, 2.45) is 5.92 Å². The Morgan fingerprint density at radius 3 is 2.40 bits per heavy atom. The van der Waals surface area contributed by atoms with Gasteiger partial charge in [0.25, 0.3) is 0 Å². The van der Waals surface area contributed by atoms with Gasteiger partial charge >= 0.3 is 0 Å². The molecule has 2 aromatic carbocycles. The predicted octanol–water partition coefficient (Wildman–Crippen LogP) is 4.61. The summed E-state index contributed by atoms with van der Waals surface area (Å²) < 4.78 is 12.9. The second-order valence-corrected chi connectivity index (χ2v) is 6.95. The summed E-state index contributed by atoms with van der Waals surface area (Å²) in [6, 6.07) is 19.6. The van der Waals surface area contributed by atoms with Crippen LogP contribution in [0.2, 0.25) is 0 Å². The number of rotatable bonds is 9. The Bertz CT molecular complexity index is 701. The zero-order valence-electron chi connectivity index (χ0n) is 14.5. The first-order valence-electron chi connectivity index (χ1n) is 9.16. The Morgan fingerprint density at radius 2 is 1.76 bits per heavy atom. The van der Waals surface area contributed by atoms with E-state index in [-0.39, 0.29) is 11.2 Å². The Kier molecular flexibility index (Phi) is 5.83. The maximum Gasteiger partial charge on any atom is 0.123 e. The van der Waals surface area contributed by atoms with Crippen molar-refractivity contribution in [2.45, 2.75) is 37.5 Å². The van der Waals surface area contributed by atoms with E-state index >= 15 is 0 Å². The third kappa shape index (κ3) is 4.46. The van der Waals surface area contributed by atoms with Crippen LogP contribution in [-0.2, 0) is 11.8 Å². The summed E-state index contributed by atoms with van der Waals surface area (Å²) in [6.07, 6.45) is 5.12. The highest BCUT2D eigenvalue weighted by molar-refractivity contribution is 5.35. The van der Waals surface area contributed by atoms with Gasteiger partial charge in [-0.1, -0.05) is 42.5 Å². The van der Waals surface area contributed by atoms with E-state index in [0.717, 1.165) is 37.9 Å². The van der Waals surface area contributed by atoms with Crippen LogP contribution in [0.4, 0.5) is 4.39 Å². The first-order valence-corrected chi connectivity index (χ1v) is 9.16. The summed E-state index contributed by atoms with van der Waals surface area (Å²) in [5, 5.41) is 13.4. The van der Waals surface area contributed by atoms with Crippen LogP contribution in [0.1, 0.15) is 36.8 Å². The van der Waals surface area contributed by atoms with Crippen molar-refractivity contribution >= 4 is 0 Å². The fourth-order valence-corrected chi connectivity index (χ4v) is 3.61. The maximum atomic E-state index is 12.9. The number of hydrogen-bond acceptors (Lipinski definition) is 2. The normalized spacial score (nSPS) is 16.2. The molecule has 2 aromatic rings. The van der Waals surface area contributed by atoms with Gasteiger partial charge in [0.05, 0.1) is 11.5 Å². The smallest absolute Gasteiger partial charge is 0.123 e. The SMILES string of the molecule is N#CC(CCCNCCc1ccc(F)cc1)(c1ccccc1)C1CC1. The van der Waals surface area contributed by atoms with Gasteiger partial charge in [0.1, 0.15) is 5.82 Å². The lowest BCUT2D eigenvalue weighted by molar-refractivity contribution is 0.420. The second kappa shape index (κ2) is 8.27. The predicted molar refractivity (Wildman–Crippen MR) is 98.7 cm³/mol. The minimum absolute atomic E-state index is 0.189. The first kappa shape index (κ1) is 17.6. The molecule has 0 aromatic heterocycles. The fourth-order valence-electron chi connectivity index (χ4n) is 3.61. The highest BCUT2D eigenvalue weighted by atomic mass is 19.1. The molecule has 0 amide bonds. The third-order valence-electron chi connectivity index (χ3n) is 5.19. The summed E-state index contributed by atoms with van der Waals surface area (Å²) in [5.74, 6) is 0.324. The van der Waals surface area contributed by atoms with Crippen molar-refractivity contribution in [1.29, 1.82) is 5.26 Å². The van der Waals surface area contributed by atoms with Crippen LogP contribution in [0.5, 0.6) is 0 Å². The molecular formula is C22H25FN2. The molecule has 1 N–H and O–H groups in total. The highest BCUT2D eigenvalue weighted by Gasteiger charge is 2.46. The lowest BCUT2D eigenvalue weighted by Crippen LogP contribution is -2.29. The molecule has 1 aliphatic carbocycles. The third-order valence-corrected chi connectivity index (χ3v) is 5.19. The van der Waals surface area contributed by atoms with Crippen LogP contribution in [0, 0.1) is 23.1 Å². The van der Waals surface area contributed by atoms with Crippen molar-refractivity contribution in [2.75, 3.05) is 13.1 Å². The highest BCUT2D eigenvalue weighted by Crippen LogP contribution is 2.49. The van der Waals surface area contributed by atoms with E-state index in [1.165, 1.54) is 30.5 Å². The minimum atomic E-state index is -0.320. The molecular weight excluding hydrogens is 311 g/mol. The zero-order chi connectivity index (χ0) is 17.5. The Labute approximate surface area is 149 Å². The Balaban J connectivity index is 1.46. The van der Waals surface area contributed by atoms with Crippen molar-refractivity contribution in [1.82, 2.24) is 5.32 Å². The molecule has 0 radical (unpaired) electrons. The van der Waals surface area contributed by atoms with Gasteiger partial charge in [0.15, 0.2) is 0 Å². The molecule has 130 valence electrons. The van der Waals surface area contributed by atoms with E-state index in [1.54, 1.807) is 0 Å². The van der Waals surface area contributed by atoms with Crippen LogP contribution in [0.15, 0.2) is 54.6 Å². The zero-order valence-corrected chi connectivity index (χ0v) is 14.5. The molecule has 0 bridgehead atoms. The standard InChI is InChI=1S/C22H25FN2/c23-21-11-7-18(8-12-21)13-16-25-15-4-14-22(17-24,20-9-10-20)19-5-2-1-3-6-19/h1-3,5-8,11-12,20,25H,4,9-10,13-16H2. The van der Waals surface area contributed by atoms with Crippen molar-refractivity contribution in [3.05, 3.63) is 71.5 Å². The van der Waals surface area contributed by atoms with Gasteiger partial charge in [-0.15, -0.1) is 0 Å². The van der Waals surface area contributed by atoms with Crippen LogP contribution in [0.25, 0.3) is 0 Å². The molecule has 0 heterocycles. The van der Waals surface area contributed by atoms with E-state index in [4.69, 9.17) is 0 Å². The van der Waals surface area contributed by atoms with Gasteiger partial charge in [0.2, 0.25) is 0 Å². The van der Waals surface area contributed by atoms with Gasteiger partial charge < -0.3 is 5.32 Å². The summed E-state index contributed by atoms with van der Waals surface area (Å²) >= 11 is 0. The molecule has 3 heteroatoms. The van der Waals surface area contributed by atoms with E-state index in [2.05, 4.69) is 23.5 Å². The molecule has 1 saturated carbocycles. The average molecular weight is 336 g/mol. The monoisotopic (exact) mass is 336 g/mol. The molecule has 0 spiro atoms. The first-order chi connectivity index (χ1) is 12.2. The van der Waals surface area contributed by atoms with Crippen LogP contribution >= 0.6 is 0 Å². The summed E-state index contributed by atoms with van der Waals surface area (Å²) in [7, 11) is 0. The second-order valence-electron chi connectivity index (χ2n) is 6.95. The van der Waals surface area contributed by atoms with E-state index in [0.29, 0.717) is 5.92 Å². The average Bonchev–Trinajstić information content (AvgIpc) is 3.49. The van der Waals surface area contributed by atoms with Gasteiger partial charge in [-0.25, -0.2) is 4.39 Å². The van der Waals surface area contributed by atoms with Crippen molar-refractivity contribution in [3.8, 4) is 6.07 Å². The van der Waals surface area contributed by atoms with E-state index in [9.17, 15) is 9.65 Å². The van der Waals surface area contributed by atoms with Crippen molar-refractivity contribution in [3.63, 3.8) is 0 Å². The molecule has 0 aliphatic heterocycles. The number of benzene rings is 2. The number of nitriles is 1.